The van der Waals surface area contributed by atoms with Crippen LogP contribution in [0.25, 0.3) is 10.9 Å². The van der Waals surface area contributed by atoms with Crippen LogP contribution in [0.3, 0.4) is 0 Å². The number of sulfone groups is 1. The minimum absolute atomic E-state index is 0.298. The molecule has 0 atom stereocenters. The Morgan fingerprint density at radius 2 is 1.78 bits per heavy atom. The van der Waals surface area contributed by atoms with Gasteiger partial charge < -0.3 is 4.90 Å². The molecule has 2 heterocycles. The lowest BCUT2D eigenvalue weighted by Gasteiger charge is -2.33. The molecule has 0 unspecified atom stereocenters. The van der Waals surface area contributed by atoms with E-state index in [-0.39, 0.29) is 0 Å². The van der Waals surface area contributed by atoms with Crippen LogP contribution in [0, 0.1) is 5.92 Å². The Morgan fingerprint density at radius 3 is 2.48 bits per heavy atom. The van der Waals surface area contributed by atoms with Crippen LogP contribution in [0.1, 0.15) is 19.8 Å². The number of piperidine rings is 1. The van der Waals surface area contributed by atoms with Gasteiger partial charge in [-0.25, -0.2) is 13.4 Å². The van der Waals surface area contributed by atoms with Crippen LogP contribution < -0.4 is 9.88 Å². The summed E-state index contributed by atoms with van der Waals surface area (Å²) in [6, 6.07) is 14.1. The zero-order chi connectivity index (χ0) is 19.0. The van der Waals surface area contributed by atoms with Crippen molar-refractivity contribution in [1.82, 2.24) is 0 Å². The normalized spacial score (nSPS) is 16.0. The molecule has 1 aromatic heterocycles. The van der Waals surface area contributed by atoms with Gasteiger partial charge in [0.2, 0.25) is 15.4 Å². The highest BCUT2D eigenvalue weighted by Gasteiger charge is 2.30. The van der Waals surface area contributed by atoms with Crippen molar-refractivity contribution in [1.29, 1.82) is 0 Å². The van der Waals surface area contributed by atoms with Crippen LogP contribution in [0.5, 0.6) is 0 Å². The molecule has 0 radical (unpaired) electrons. The third-order valence-electron chi connectivity index (χ3n) is 5.27. The fraction of sp³-hybridized carbons (Fsp3) is 0.286. The number of benzene rings is 2. The summed E-state index contributed by atoms with van der Waals surface area (Å²) in [5, 5.41) is 1.44. The summed E-state index contributed by atoms with van der Waals surface area (Å²) >= 11 is 6.25. The monoisotopic (exact) mass is 401 g/mol. The first-order valence-corrected chi connectivity index (χ1v) is 11.0. The molecule has 4 nitrogen and oxygen atoms in total. The Labute approximate surface area is 164 Å². The molecule has 0 amide bonds. The van der Waals surface area contributed by atoms with Crippen molar-refractivity contribution in [3.05, 3.63) is 59.8 Å². The third kappa shape index (κ3) is 3.42. The Morgan fingerprint density at radius 1 is 1.07 bits per heavy atom. The first kappa shape index (κ1) is 18.3. The summed E-state index contributed by atoms with van der Waals surface area (Å²) in [7, 11) is -3.65. The maximum Gasteiger partial charge on any atom is 0.214 e. The van der Waals surface area contributed by atoms with E-state index in [0.717, 1.165) is 42.5 Å². The minimum Gasteiger partial charge on any atom is -0.370 e. The van der Waals surface area contributed by atoms with Crippen molar-refractivity contribution in [2.24, 2.45) is 5.92 Å². The maximum atomic E-state index is 13.4. The highest BCUT2D eigenvalue weighted by molar-refractivity contribution is 7.91. The van der Waals surface area contributed by atoms with E-state index in [1.165, 1.54) is 0 Å². The van der Waals surface area contributed by atoms with Crippen LogP contribution >= 0.6 is 11.6 Å². The summed E-state index contributed by atoms with van der Waals surface area (Å²) in [4.78, 5) is 5.94. The van der Waals surface area contributed by atoms with Gasteiger partial charge in [0.15, 0.2) is 11.1 Å². The number of halogens is 1. The van der Waals surface area contributed by atoms with E-state index >= 15 is 0 Å². The van der Waals surface area contributed by atoms with Crippen molar-refractivity contribution >= 4 is 38.0 Å². The van der Waals surface area contributed by atoms with E-state index in [9.17, 15) is 8.42 Å². The van der Waals surface area contributed by atoms with Crippen molar-refractivity contribution < 1.29 is 13.4 Å². The quantitative estimate of drug-likeness (QED) is 0.654. The summed E-state index contributed by atoms with van der Waals surface area (Å²) in [5.74, 6) is 0.653. The molecular formula is C21H22ClN2O2S+. The van der Waals surface area contributed by atoms with Gasteiger partial charge in [-0.05, 0) is 43.0 Å². The molecule has 27 heavy (non-hydrogen) atoms. The number of anilines is 1. The molecule has 4 rings (SSSR count). The molecule has 1 saturated heterocycles. The minimum atomic E-state index is -3.65. The predicted octanol–water partition coefficient (Wildman–Crippen LogP) is 4.38. The highest BCUT2D eigenvalue weighted by atomic mass is 35.5. The summed E-state index contributed by atoms with van der Waals surface area (Å²) in [5.41, 5.74) is 1.63. The Bertz CT molecular complexity index is 1080. The second-order valence-corrected chi connectivity index (χ2v) is 9.53. The fourth-order valence-electron chi connectivity index (χ4n) is 3.67. The molecule has 140 valence electrons. The van der Waals surface area contributed by atoms with Gasteiger partial charge in [0.1, 0.15) is 0 Å². The van der Waals surface area contributed by atoms with Crippen LogP contribution in [0.15, 0.2) is 64.5 Å². The van der Waals surface area contributed by atoms with E-state index in [4.69, 9.17) is 11.6 Å². The molecule has 1 fully saturated rings. The fourth-order valence-corrected chi connectivity index (χ4v) is 5.32. The van der Waals surface area contributed by atoms with Gasteiger partial charge in [-0.3, -0.25) is 0 Å². The number of hydrogen-bond acceptors (Lipinski definition) is 3. The number of aromatic amines is 1. The van der Waals surface area contributed by atoms with Crippen LogP contribution in [-0.2, 0) is 9.84 Å². The van der Waals surface area contributed by atoms with Gasteiger partial charge in [-0.15, -0.1) is 0 Å². The second kappa shape index (κ2) is 7.13. The van der Waals surface area contributed by atoms with E-state index in [2.05, 4.69) is 16.8 Å². The lowest BCUT2D eigenvalue weighted by Crippen LogP contribution is -2.34. The lowest BCUT2D eigenvalue weighted by atomic mass is 9.98. The average molecular weight is 402 g/mol. The van der Waals surface area contributed by atoms with Gasteiger partial charge in [0.05, 0.1) is 16.0 Å². The predicted molar refractivity (Wildman–Crippen MR) is 108 cm³/mol. The molecule has 0 bridgehead atoms. The molecule has 1 aliphatic heterocycles. The second-order valence-electron chi connectivity index (χ2n) is 7.18. The third-order valence-corrected chi connectivity index (χ3v) is 7.29. The summed E-state index contributed by atoms with van der Waals surface area (Å²) in [6.45, 7) is 3.92. The van der Waals surface area contributed by atoms with Gasteiger partial charge in [-0.1, -0.05) is 36.7 Å². The Kier molecular flexibility index (Phi) is 4.82. The lowest BCUT2D eigenvalue weighted by molar-refractivity contribution is -0.347. The number of fused-ring (bicyclic) bond motifs is 1. The molecule has 1 aliphatic rings. The van der Waals surface area contributed by atoms with E-state index in [1.54, 1.807) is 30.5 Å². The van der Waals surface area contributed by atoms with Crippen molar-refractivity contribution in [3.8, 4) is 0 Å². The first-order chi connectivity index (χ1) is 13.0. The highest BCUT2D eigenvalue weighted by Crippen LogP contribution is 2.37. The number of rotatable bonds is 3. The summed E-state index contributed by atoms with van der Waals surface area (Å²) in [6.07, 6.45) is 3.71. The van der Waals surface area contributed by atoms with Crippen LogP contribution in [-0.4, -0.2) is 21.5 Å². The smallest absolute Gasteiger partial charge is 0.214 e. The zero-order valence-corrected chi connectivity index (χ0v) is 16.7. The van der Waals surface area contributed by atoms with E-state index in [1.807, 2.05) is 24.3 Å². The number of H-pyrrole nitrogens is 1. The zero-order valence-electron chi connectivity index (χ0n) is 15.2. The number of aromatic nitrogens is 1. The van der Waals surface area contributed by atoms with Crippen molar-refractivity contribution in [2.75, 3.05) is 18.0 Å². The molecule has 0 saturated carbocycles. The molecular weight excluding hydrogens is 380 g/mol. The van der Waals surface area contributed by atoms with Crippen molar-refractivity contribution in [2.45, 2.75) is 29.6 Å². The molecule has 0 spiro atoms. The van der Waals surface area contributed by atoms with E-state index < -0.39 is 9.84 Å². The largest absolute Gasteiger partial charge is 0.370 e. The summed E-state index contributed by atoms with van der Waals surface area (Å²) < 4.78 is 26.8. The standard InChI is InChI=1S/C21H21ClN2O2S/c1-15-9-11-24(12-10-15)21-18-13-16(22)7-8-19(18)23-14-20(21)27(25,26)17-5-3-2-4-6-17/h2-8,13-15H,9-12H2,1H3/p+1. The number of nitrogens with one attached hydrogen (secondary N) is 1. The van der Waals surface area contributed by atoms with Gasteiger partial charge in [0.25, 0.3) is 0 Å². The van der Waals surface area contributed by atoms with Crippen molar-refractivity contribution in [3.63, 3.8) is 0 Å². The van der Waals surface area contributed by atoms with Gasteiger partial charge in [-0.2, -0.15) is 0 Å². The molecule has 0 aliphatic carbocycles. The maximum absolute atomic E-state index is 13.4. The SMILES string of the molecule is CC1CCN(c2c(S(=O)(=O)c3ccccc3)c[nH+]c3ccc(Cl)cc23)CC1. The topological polar surface area (TPSA) is 51.5 Å². The Hall–Kier alpha value is -2.11. The number of nitrogens with zero attached hydrogens (tertiary/aromatic N) is 1. The molecule has 3 aromatic rings. The van der Waals surface area contributed by atoms with Gasteiger partial charge >= 0.3 is 0 Å². The van der Waals surface area contributed by atoms with E-state index in [0.29, 0.717) is 20.7 Å². The number of hydrogen-bond donors (Lipinski definition) is 0. The first-order valence-electron chi connectivity index (χ1n) is 9.16. The average Bonchev–Trinajstić information content (AvgIpc) is 2.68. The molecule has 6 heteroatoms. The van der Waals surface area contributed by atoms with Gasteiger partial charge in [0, 0.05) is 24.2 Å². The number of pyridine rings is 1. The van der Waals surface area contributed by atoms with Crippen LogP contribution in [0.2, 0.25) is 5.02 Å². The Balaban J connectivity index is 1.96. The van der Waals surface area contributed by atoms with Crippen LogP contribution in [0.4, 0.5) is 5.69 Å². The molecule has 2 aromatic carbocycles. The molecule has 1 N–H and O–H groups in total.